The van der Waals surface area contributed by atoms with Crippen molar-refractivity contribution in [3.8, 4) is 0 Å². The largest absolute Gasteiger partial charge is 0.396 e. The maximum atomic E-state index is 10.9. The van der Waals surface area contributed by atoms with Gasteiger partial charge in [-0.05, 0) is 6.42 Å². The minimum absolute atomic E-state index is 0.303. The van der Waals surface area contributed by atoms with E-state index < -0.39 is 5.91 Å². The molecule has 0 bridgehead atoms. The highest BCUT2D eigenvalue weighted by atomic mass is 16.1. The second-order valence-electron chi connectivity index (χ2n) is 2.54. The smallest absolute Gasteiger partial charge is 0.269 e. The van der Waals surface area contributed by atoms with E-state index in [4.69, 9.17) is 11.5 Å². The molecule has 66 valence electrons. The normalized spacial score (nSPS) is 10.1. The first-order chi connectivity index (χ1) is 5.66. The number of nitrogens with two attached hydrogens (primary N) is 2. The third-order valence-corrected chi connectivity index (χ3v) is 1.54. The van der Waals surface area contributed by atoms with Gasteiger partial charge in [0.1, 0.15) is 5.69 Å². The number of anilines is 1. The van der Waals surface area contributed by atoms with Gasteiger partial charge in [0.2, 0.25) is 0 Å². The summed E-state index contributed by atoms with van der Waals surface area (Å²) in [6.07, 6.45) is 2.33. The summed E-state index contributed by atoms with van der Waals surface area (Å²) in [5.41, 5.74) is 11.2. The molecule has 0 aliphatic rings. The van der Waals surface area contributed by atoms with Crippen molar-refractivity contribution in [1.29, 1.82) is 0 Å². The molecule has 0 atom stereocenters. The highest BCUT2D eigenvalue weighted by molar-refractivity contribution is 5.96. The number of amides is 1. The molecule has 0 aliphatic heterocycles. The Labute approximate surface area is 70.3 Å². The molecule has 5 nitrogen and oxygen atoms in total. The molecule has 1 amide bonds. The molecule has 0 saturated heterocycles. The Kier molecular flexibility index (Phi) is 2.32. The third-order valence-electron chi connectivity index (χ3n) is 1.54. The van der Waals surface area contributed by atoms with Gasteiger partial charge in [0, 0.05) is 6.54 Å². The van der Waals surface area contributed by atoms with Crippen LogP contribution in [0.2, 0.25) is 0 Å². The van der Waals surface area contributed by atoms with Crippen molar-refractivity contribution in [2.24, 2.45) is 5.73 Å². The predicted octanol–water partition coefficient (Wildman–Crippen LogP) is -0.0258. The van der Waals surface area contributed by atoms with Crippen LogP contribution in [0, 0.1) is 0 Å². The van der Waals surface area contributed by atoms with Crippen LogP contribution in [0.4, 0.5) is 5.69 Å². The van der Waals surface area contributed by atoms with Gasteiger partial charge in [-0.3, -0.25) is 9.48 Å². The number of rotatable bonds is 3. The minimum atomic E-state index is -0.529. The van der Waals surface area contributed by atoms with E-state index in [2.05, 4.69) is 5.10 Å². The zero-order valence-corrected chi connectivity index (χ0v) is 6.95. The van der Waals surface area contributed by atoms with Gasteiger partial charge in [0.25, 0.3) is 5.91 Å². The summed E-state index contributed by atoms with van der Waals surface area (Å²) in [6, 6.07) is 0. The van der Waals surface area contributed by atoms with Gasteiger partial charge >= 0.3 is 0 Å². The molecule has 4 N–H and O–H groups in total. The van der Waals surface area contributed by atoms with Crippen LogP contribution in [0.15, 0.2) is 6.20 Å². The average molecular weight is 168 g/mol. The van der Waals surface area contributed by atoms with Crippen molar-refractivity contribution in [2.75, 3.05) is 5.73 Å². The van der Waals surface area contributed by atoms with Crippen molar-refractivity contribution in [1.82, 2.24) is 9.78 Å². The summed E-state index contributed by atoms with van der Waals surface area (Å²) < 4.78 is 1.53. The van der Waals surface area contributed by atoms with Crippen LogP contribution < -0.4 is 11.5 Å². The number of nitrogens with zero attached hydrogens (tertiary/aromatic N) is 2. The van der Waals surface area contributed by atoms with E-state index in [0.29, 0.717) is 17.9 Å². The molecular formula is C7H12N4O. The van der Waals surface area contributed by atoms with Crippen LogP contribution >= 0.6 is 0 Å². The van der Waals surface area contributed by atoms with Crippen LogP contribution in [0.1, 0.15) is 23.8 Å². The van der Waals surface area contributed by atoms with Crippen molar-refractivity contribution in [2.45, 2.75) is 19.9 Å². The van der Waals surface area contributed by atoms with E-state index in [1.165, 1.54) is 10.9 Å². The highest BCUT2D eigenvalue weighted by Gasteiger charge is 2.12. The monoisotopic (exact) mass is 168 g/mol. The summed E-state index contributed by atoms with van der Waals surface area (Å²) >= 11 is 0. The number of hydrogen-bond donors (Lipinski definition) is 2. The first-order valence-corrected chi connectivity index (χ1v) is 3.78. The molecule has 1 aromatic heterocycles. The van der Waals surface area contributed by atoms with Gasteiger partial charge in [-0.25, -0.2) is 0 Å². The molecule has 5 heteroatoms. The van der Waals surface area contributed by atoms with Crippen LogP contribution in [0.25, 0.3) is 0 Å². The van der Waals surface area contributed by atoms with Crippen molar-refractivity contribution in [3.63, 3.8) is 0 Å². The molecule has 0 fully saturated rings. The lowest BCUT2D eigenvalue weighted by molar-refractivity contribution is 0.0991. The molecule has 12 heavy (non-hydrogen) atoms. The minimum Gasteiger partial charge on any atom is -0.396 e. The Morgan fingerprint density at radius 1 is 1.75 bits per heavy atom. The predicted molar refractivity (Wildman–Crippen MR) is 45.4 cm³/mol. The second-order valence-corrected chi connectivity index (χ2v) is 2.54. The number of aromatic nitrogens is 2. The van der Waals surface area contributed by atoms with Crippen molar-refractivity contribution >= 4 is 11.6 Å². The van der Waals surface area contributed by atoms with Gasteiger partial charge < -0.3 is 11.5 Å². The fraction of sp³-hybridized carbons (Fsp3) is 0.429. The van der Waals surface area contributed by atoms with Crippen molar-refractivity contribution < 1.29 is 4.79 Å². The first-order valence-electron chi connectivity index (χ1n) is 3.78. The molecule has 0 aromatic carbocycles. The SMILES string of the molecule is CCCn1ncc(N)c1C(N)=O. The van der Waals surface area contributed by atoms with E-state index in [1.54, 1.807) is 0 Å². The summed E-state index contributed by atoms with van der Waals surface area (Å²) in [4.78, 5) is 10.9. The molecular weight excluding hydrogens is 156 g/mol. The standard InChI is InChI=1S/C7H12N4O/c1-2-3-11-6(7(9)12)5(8)4-10-11/h4H,2-3,8H2,1H3,(H2,9,12). The Bertz CT molecular complexity index is 292. The molecule has 1 aromatic rings. The zero-order valence-electron chi connectivity index (χ0n) is 6.95. The summed E-state index contributed by atoms with van der Waals surface area (Å²) in [7, 11) is 0. The fourth-order valence-corrected chi connectivity index (χ4v) is 1.05. The van der Waals surface area contributed by atoms with E-state index in [-0.39, 0.29) is 0 Å². The van der Waals surface area contributed by atoms with Gasteiger partial charge in [0.05, 0.1) is 11.9 Å². The number of nitrogen functional groups attached to an aromatic ring is 1. The Hall–Kier alpha value is -1.52. The zero-order chi connectivity index (χ0) is 9.14. The lowest BCUT2D eigenvalue weighted by Gasteiger charge is -2.01. The maximum Gasteiger partial charge on any atom is 0.269 e. The number of primary amides is 1. The Morgan fingerprint density at radius 2 is 2.42 bits per heavy atom. The van der Waals surface area contributed by atoms with E-state index in [1.807, 2.05) is 6.92 Å². The van der Waals surface area contributed by atoms with Crippen LogP contribution in [0.3, 0.4) is 0 Å². The summed E-state index contributed by atoms with van der Waals surface area (Å²) in [6.45, 7) is 2.65. The molecule has 0 spiro atoms. The maximum absolute atomic E-state index is 10.9. The summed E-state index contributed by atoms with van der Waals surface area (Å²) in [5.74, 6) is -0.529. The van der Waals surface area contributed by atoms with Crippen molar-refractivity contribution in [3.05, 3.63) is 11.9 Å². The molecule has 0 aliphatic carbocycles. The van der Waals surface area contributed by atoms with Gasteiger partial charge in [-0.1, -0.05) is 6.92 Å². The lowest BCUT2D eigenvalue weighted by atomic mass is 10.3. The lowest BCUT2D eigenvalue weighted by Crippen LogP contribution is -2.19. The highest BCUT2D eigenvalue weighted by Crippen LogP contribution is 2.09. The molecule has 0 saturated carbocycles. The molecule has 0 radical (unpaired) electrons. The van der Waals surface area contributed by atoms with Crippen LogP contribution in [-0.2, 0) is 6.54 Å². The Morgan fingerprint density at radius 3 is 2.92 bits per heavy atom. The van der Waals surface area contributed by atoms with E-state index in [0.717, 1.165) is 6.42 Å². The molecule has 1 heterocycles. The van der Waals surface area contributed by atoms with E-state index >= 15 is 0 Å². The number of carbonyl (C=O) groups excluding carboxylic acids is 1. The first kappa shape index (κ1) is 8.58. The average Bonchev–Trinajstić information content (AvgIpc) is 2.32. The number of hydrogen-bond acceptors (Lipinski definition) is 3. The molecule has 1 rings (SSSR count). The number of aryl methyl sites for hydroxylation is 1. The molecule has 0 unspecified atom stereocenters. The Balaban J connectivity index is 3.04. The van der Waals surface area contributed by atoms with Gasteiger partial charge in [-0.2, -0.15) is 5.10 Å². The van der Waals surface area contributed by atoms with Crippen LogP contribution in [-0.4, -0.2) is 15.7 Å². The summed E-state index contributed by atoms with van der Waals surface area (Å²) in [5, 5.41) is 3.92. The second kappa shape index (κ2) is 3.25. The van der Waals surface area contributed by atoms with Crippen LogP contribution in [0.5, 0.6) is 0 Å². The number of carbonyl (C=O) groups is 1. The quantitative estimate of drug-likeness (QED) is 0.664. The van der Waals surface area contributed by atoms with Gasteiger partial charge in [-0.15, -0.1) is 0 Å². The topological polar surface area (TPSA) is 86.9 Å². The van der Waals surface area contributed by atoms with Gasteiger partial charge in [0.15, 0.2) is 0 Å². The van der Waals surface area contributed by atoms with E-state index in [9.17, 15) is 4.79 Å². The third kappa shape index (κ3) is 1.39. The fourth-order valence-electron chi connectivity index (χ4n) is 1.05.